The van der Waals surface area contributed by atoms with Crippen molar-refractivity contribution in [1.82, 2.24) is 4.90 Å². The minimum absolute atomic E-state index is 0.00543. The Morgan fingerprint density at radius 2 is 1.90 bits per heavy atom. The topological polar surface area (TPSA) is 32.8 Å². The first-order chi connectivity index (χ1) is 14.4. The van der Waals surface area contributed by atoms with Gasteiger partial charge in [0, 0.05) is 49.4 Å². The van der Waals surface area contributed by atoms with Crippen LogP contribution in [0.4, 0.5) is 5.69 Å². The zero-order valence-corrected chi connectivity index (χ0v) is 18.7. The van der Waals surface area contributed by atoms with Crippen molar-refractivity contribution >= 4 is 23.3 Å². The zero-order chi connectivity index (χ0) is 20.9. The van der Waals surface area contributed by atoms with Crippen molar-refractivity contribution < 1.29 is 9.53 Å². The number of halogens is 1. The predicted molar refractivity (Wildman–Crippen MR) is 121 cm³/mol. The van der Waals surface area contributed by atoms with Crippen LogP contribution in [-0.2, 0) is 9.53 Å². The van der Waals surface area contributed by atoms with E-state index in [0.29, 0.717) is 0 Å². The molecule has 5 rings (SSSR count). The number of carbonyl (C=O) groups excluding carboxylic acids is 1. The zero-order valence-electron chi connectivity index (χ0n) is 17.9. The monoisotopic (exact) mass is 426 g/mol. The molecule has 0 spiro atoms. The number of piperazine rings is 1. The van der Waals surface area contributed by atoms with Gasteiger partial charge < -0.3 is 9.64 Å². The van der Waals surface area contributed by atoms with Gasteiger partial charge in [0.1, 0.15) is 6.10 Å². The number of hydrogen-bond donors (Lipinski definition) is 0. The Labute approximate surface area is 184 Å². The van der Waals surface area contributed by atoms with E-state index in [2.05, 4.69) is 47.9 Å². The summed E-state index contributed by atoms with van der Waals surface area (Å²) in [6, 6.07) is 8.07. The van der Waals surface area contributed by atoms with Crippen molar-refractivity contribution in [3.63, 3.8) is 0 Å². The average molecular weight is 427 g/mol. The van der Waals surface area contributed by atoms with Crippen molar-refractivity contribution in [2.75, 3.05) is 37.6 Å². The summed E-state index contributed by atoms with van der Waals surface area (Å²) >= 11 is 6.02. The lowest BCUT2D eigenvalue weighted by Crippen LogP contribution is -2.49. The quantitative estimate of drug-likeness (QED) is 0.656. The Morgan fingerprint density at radius 1 is 1.17 bits per heavy atom. The summed E-state index contributed by atoms with van der Waals surface area (Å²) in [7, 11) is 0. The lowest BCUT2D eigenvalue weighted by Gasteiger charge is -2.43. The van der Waals surface area contributed by atoms with Gasteiger partial charge in [-0.2, -0.15) is 0 Å². The van der Waals surface area contributed by atoms with E-state index in [9.17, 15) is 4.79 Å². The fraction of sp³-hybridized carbons (Fsp3) is 0.560. The molecule has 2 saturated heterocycles. The SMILES string of the molecule is CC1=CCCC2(C)CC3OC(=O)C(CN4CCN(c5ccc(Cl)cc5)CC4)C3C=C12. The molecule has 0 N–H and O–H groups in total. The number of rotatable bonds is 3. The number of allylic oxidation sites excluding steroid dienone is 3. The van der Waals surface area contributed by atoms with Crippen molar-refractivity contribution in [3.8, 4) is 0 Å². The number of benzene rings is 1. The van der Waals surface area contributed by atoms with E-state index < -0.39 is 0 Å². The van der Waals surface area contributed by atoms with E-state index >= 15 is 0 Å². The van der Waals surface area contributed by atoms with E-state index in [-0.39, 0.29) is 29.3 Å². The number of nitrogens with zero attached hydrogens (tertiary/aromatic N) is 2. The predicted octanol–water partition coefficient (Wildman–Crippen LogP) is 4.70. The minimum atomic E-state index is -0.0381. The maximum absolute atomic E-state index is 12.8. The fourth-order valence-electron chi connectivity index (χ4n) is 5.96. The van der Waals surface area contributed by atoms with Crippen LogP contribution in [0.1, 0.15) is 33.1 Å². The van der Waals surface area contributed by atoms with Crippen LogP contribution >= 0.6 is 11.6 Å². The molecule has 5 heteroatoms. The van der Waals surface area contributed by atoms with Gasteiger partial charge in [-0.1, -0.05) is 36.2 Å². The molecule has 2 fully saturated rings. The molecule has 2 heterocycles. The molecule has 4 aliphatic rings. The smallest absolute Gasteiger partial charge is 0.311 e. The van der Waals surface area contributed by atoms with Gasteiger partial charge in [0.05, 0.1) is 5.92 Å². The second-order valence-corrected chi connectivity index (χ2v) is 10.1. The van der Waals surface area contributed by atoms with Gasteiger partial charge in [-0.05, 0) is 61.4 Å². The molecule has 1 aromatic rings. The molecule has 4 nitrogen and oxygen atoms in total. The molecule has 0 saturated carbocycles. The number of fused-ring (bicyclic) bond motifs is 2. The van der Waals surface area contributed by atoms with Crippen LogP contribution in [0.25, 0.3) is 0 Å². The number of anilines is 1. The first-order valence-electron chi connectivity index (χ1n) is 11.3. The molecular formula is C25H31ClN2O2. The van der Waals surface area contributed by atoms with Crippen LogP contribution in [-0.4, -0.2) is 49.7 Å². The van der Waals surface area contributed by atoms with E-state index in [1.165, 1.54) is 16.8 Å². The highest BCUT2D eigenvalue weighted by atomic mass is 35.5. The number of carbonyl (C=O) groups is 1. The molecule has 0 aromatic heterocycles. The van der Waals surface area contributed by atoms with Crippen LogP contribution in [0, 0.1) is 17.3 Å². The highest BCUT2D eigenvalue weighted by Crippen LogP contribution is 2.52. The normalized spacial score (nSPS) is 34.0. The van der Waals surface area contributed by atoms with E-state index in [1.807, 2.05) is 12.1 Å². The Morgan fingerprint density at radius 3 is 2.63 bits per heavy atom. The maximum atomic E-state index is 12.8. The summed E-state index contributed by atoms with van der Waals surface area (Å²) in [5.74, 6) is 0.186. The number of esters is 1. The third kappa shape index (κ3) is 3.58. The summed E-state index contributed by atoms with van der Waals surface area (Å²) in [6.45, 7) is 9.26. The Balaban J connectivity index is 1.26. The number of ether oxygens (including phenoxy) is 1. The second-order valence-electron chi connectivity index (χ2n) is 9.69. The lowest BCUT2D eigenvalue weighted by molar-refractivity contribution is -0.145. The molecule has 1 aromatic carbocycles. The third-order valence-electron chi connectivity index (χ3n) is 7.72. The van der Waals surface area contributed by atoms with Gasteiger partial charge in [0.15, 0.2) is 0 Å². The maximum Gasteiger partial charge on any atom is 0.311 e. The van der Waals surface area contributed by atoms with Gasteiger partial charge in [0.25, 0.3) is 0 Å². The highest BCUT2D eigenvalue weighted by Gasteiger charge is 2.51. The summed E-state index contributed by atoms with van der Waals surface area (Å²) in [6.07, 6.45) is 8.08. The van der Waals surface area contributed by atoms with Gasteiger partial charge in [-0.25, -0.2) is 0 Å². The van der Waals surface area contributed by atoms with E-state index in [1.54, 1.807) is 0 Å². The van der Waals surface area contributed by atoms with Crippen molar-refractivity contribution in [2.45, 2.75) is 39.2 Å². The number of hydrogen-bond acceptors (Lipinski definition) is 4. The Hall–Kier alpha value is -1.78. The highest BCUT2D eigenvalue weighted by molar-refractivity contribution is 6.30. The van der Waals surface area contributed by atoms with E-state index in [4.69, 9.17) is 16.3 Å². The summed E-state index contributed by atoms with van der Waals surface area (Å²) in [4.78, 5) is 17.6. The average Bonchev–Trinajstić information content (AvgIpc) is 3.01. The van der Waals surface area contributed by atoms with Crippen molar-refractivity contribution in [3.05, 3.63) is 52.6 Å². The molecule has 0 bridgehead atoms. The molecular weight excluding hydrogens is 396 g/mol. The third-order valence-corrected chi connectivity index (χ3v) is 7.97. The van der Waals surface area contributed by atoms with E-state index in [0.717, 1.165) is 57.0 Å². The summed E-state index contributed by atoms with van der Waals surface area (Å²) in [5, 5.41) is 0.771. The van der Waals surface area contributed by atoms with Crippen LogP contribution < -0.4 is 4.90 Å². The van der Waals surface area contributed by atoms with Crippen molar-refractivity contribution in [1.29, 1.82) is 0 Å². The summed E-state index contributed by atoms with van der Waals surface area (Å²) < 4.78 is 5.92. The van der Waals surface area contributed by atoms with Gasteiger partial charge in [0.2, 0.25) is 0 Å². The Kier molecular flexibility index (Phi) is 5.19. The standard InChI is InChI=1S/C25H31ClN2O2/c1-17-4-3-9-25(2)15-23-20(14-22(17)25)21(24(29)30-23)16-27-10-12-28(13-11-27)19-7-5-18(26)6-8-19/h4-8,14,20-21,23H,3,9-13,15-16H2,1-2H3. The van der Waals surface area contributed by atoms with Gasteiger partial charge in [-0.15, -0.1) is 0 Å². The van der Waals surface area contributed by atoms with Crippen LogP contribution in [0.5, 0.6) is 0 Å². The van der Waals surface area contributed by atoms with Crippen LogP contribution in [0.3, 0.4) is 0 Å². The van der Waals surface area contributed by atoms with Gasteiger partial charge >= 0.3 is 5.97 Å². The first-order valence-corrected chi connectivity index (χ1v) is 11.6. The first kappa shape index (κ1) is 20.1. The molecule has 4 unspecified atom stereocenters. The fourth-order valence-corrected chi connectivity index (χ4v) is 6.08. The summed E-state index contributed by atoms with van der Waals surface area (Å²) in [5.41, 5.74) is 4.25. The molecule has 160 valence electrons. The molecule has 2 aliphatic heterocycles. The van der Waals surface area contributed by atoms with Crippen molar-refractivity contribution in [2.24, 2.45) is 17.3 Å². The molecule has 30 heavy (non-hydrogen) atoms. The lowest BCUT2D eigenvalue weighted by atomic mass is 9.62. The van der Waals surface area contributed by atoms with Gasteiger partial charge in [-0.3, -0.25) is 9.69 Å². The van der Waals surface area contributed by atoms with Crippen LogP contribution in [0.2, 0.25) is 5.02 Å². The Bertz CT molecular complexity index is 885. The molecule has 4 atom stereocenters. The molecule has 0 amide bonds. The largest absolute Gasteiger partial charge is 0.461 e. The molecule has 0 radical (unpaired) electrons. The van der Waals surface area contributed by atoms with Crippen LogP contribution in [0.15, 0.2) is 47.6 Å². The molecule has 2 aliphatic carbocycles. The minimum Gasteiger partial charge on any atom is -0.461 e. The second kappa shape index (κ2) is 7.72.